The van der Waals surface area contributed by atoms with Crippen molar-refractivity contribution in [3.63, 3.8) is 0 Å². The van der Waals surface area contributed by atoms with Crippen molar-refractivity contribution in [2.24, 2.45) is 0 Å². The Morgan fingerprint density at radius 1 is 0.381 bits per heavy atom. The molecule has 0 saturated heterocycles. The molecule has 2 heterocycles. The molecule has 5 aromatic rings. The molecule has 42 heavy (non-hydrogen) atoms. The van der Waals surface area contributed by atoms with E-state index in [1.54, 1.807) is 0 Å². The maximum absolute atomic E-state index is 5.00. The molecule has 7 rings (SSSR count). The fourth-order valence-electron chi connectivity index (χ4n) is 5.23. The van der Waals surface area contributed by atoms with E-state index in [9.17, 15) is 0 Å². The molecular weight excluding hydrogens is 516 g/mol. The van der Waals surface area contributed by atoms with Crippen LogP contribution in [0.2, 0.25) is 0 Å². The molecule has 0 N–H and O–H groups in total. The van der Waals surface area contributed by atoms with Crippen molar-refractivity contribution in [1.29, 1.82) is 0 Å². The Morgan fingerprint density at radius 2 is 0.810 bits per heavy atom. The number of benzene rings is 3. The van der Waals surface area contributed by atoms with Crippen LogP contribution in [0.25, 0.3) is 56.4 Å². The van der Waals surface area contributed by atoms with Crippen molar-refractivity contribution >= 4 is 11.1 Å². The fourth-order valence-corrected chi connectivity index (χ4v) is 5.23. The molecule has 0 atom stereocenters. The van der Waals surface area contributed by atoms with E-state index < -0.39 is 0 Å². The number of allylic oxidation sites excluding steroid dienone is 8. The average Bonchev–Trinajstić information content (AvgIpc) is 3.09. The van der Waals surface area contributed by atoms with Crippen molar-refractivity contribution in [3.8, 4) is 45.3 Å². The lowest BCUT2D eigenvalue weighted by Crippen LogP contribution is -2.04. The van der Waals surface area contributed by atoms with Gasteiger partial charge in [-0.3, -0.25) is 0 Å². The van der Waals surface area contributed by atoms with E-state index in [0.29, 0.717) is 11.6 Å². The fraction of sp³-hybridized carbons (Fsp3) is 0.111. The van der Waals surface area contributed by atoms with E-state index in [-0.39, 0.29) is 0 Å². The van der Waals surface area contributed by atoms with Gasteiger partial charge >= 0.3 is 0 Å². The van der Waals surface area contributed by atoms with Crippen LogP contribution in [0.1, 0.15) is 37.1 Å². The smallest absolute Gasteiger partial charge is 0.182 e. The molecule has 2 aliphatic rings. The van der Waals surface area contributed by atoms with Gasteiger partial charge in [0.15, 0.2) is 11.6 Å². The van der Waals surface area contributed by atoms with Gasteiger partial charge < -0.3 is 0 Å². The van der Waals surface area contributed by atoms with E-state index in [0.717, 1.165) is 81.9 Å². The van der Waals surface area contributed by atoms with Gasteiger partial charge in [-0.1, -0.05) is 121 Å². The van der Waals surface area contributed by atoms with Gasteiger partial charge in [-0.05, 0) is 36.8 Å². The topological polar surface area (TPSA) is 77.3 Å². The van der Waals surface area contributed by atoms with Crippen molar-refractivity contribution in [2.45, 2.75) is 25.7 Å². The van der Waals surface area contributed by atoms with Crippen LogP contribution < -0.4 is 0 Å². The summed E-state index contributed by atoms with van der Waals surface area (Å²) in [6, 6.07) is 28.3. The number of hydrogen-bond donors (Lipinski definition) is 0. The Bertz CT molecular complexity index is 1720. The summed E-state index contributed by atoms with van der Waals surface area (Å²) in [6.07, 6.45) is 17.0. The Hall–Kier alpha value is -5.36. The third-order valence-corrected chi connectivity index (χ3v) is 7.41. The number of rotatable bonds is 6. The van der Waals surface area contributed by atoms with Crippen molar-refractivity contribution in [3.05, 3.63) is 133 Å². The van der Waals surface area contributed by atoms with Crippen LogP contribution in [-0.2, 0) is 0 Å². The second-order valence-electron chi connectivity index (χ2n) is 10.3. The van der Waals surface area contributed by atoms with Crippen LogP contribution >= 0.6 is 0 Å². The molecule has 0 fully saturated rings. The molecule has 0 bridgehead atoms. The van der Waals surface area contributed by atoms with Gasteiger partial charge in [0.2, 0.25) is 0 Å². The Kier molecular flexibility index (Phi) is 7.09. The number of hydrogen-bond acceptors (Lipinski definition) is 6. The van der Waals surface area contributed by atoms with Crippen LogP contribution in [-0.4, -0.2) is 30.4 Å². The lowest BCUT2D eigenvalue weighted by molar-refractivity contribution is 0.957. The molecule has 0 spiro atoms. The normalized spacial score (nSPS) is 14.4. The molecule has 2 aliphatic carbocycles. The van der Waals surface area contributed by atoms with Crippen molar-refractivity contribution in [1.82, 2.24) is 30.4 Å². The lowest BCUT2D eigenvalue weighted by Gasteiger charge is -2.13. The first-order valence-corrected chi connectivity index (χ1v) is 14.3. The average molecular weight is 545 g/mol. The summed E-state index contributed by atoms with van der Waals surface area (Å²) < 4.78 is 0. The van der Waals surface area contributed by atoms with Crippen LogP contribution in [0.4, 0.5) is 0 Å². The van der Waals surface area contributed by atoms with E-state index >= 15 is 0 Å². The first kappa shape index (κ1) is 25.6. The predicted molar refractivity (Wildman–Crippen MR) is 168 cm³/mol. The van der Waals surface area contributed by atoms with Gasteiger partial charge in [-0.25, -0.2) is 9.97 Å². The highest BCUT2D eigenvalue weighted by Crippen LogP contribution is 2.32. The van der Waals surface area contributed by atoms with E-state index in [2.05, 4.69) is 81.1 Å². The molecule has 202 valence electrons. The molecule has 0 aliphatic heterocycles. The molecule has 3 aromatic carbocycles. The largest absolute Gasteiger partial charge is 0.224 e. The van der Waals surface area contributed by atoms with Gasteiger partial charge in [-0.2, -0.15) is 0 Å². The predicted octanol–water partition coefficient (Wildman–Crippen LogP) is 8.19. The summed E-state index contributed by atoms with van der Waals surface area (Å²) in [7, 11) is 0. The third-order valence-electron chi connectivity index (χ3n) is 7.41. The summed E-state index contributed by atoms with van der Waals surface area (Å²) in [5, 5.41) is 18.4. The molecule has 6 heteroatoms. The van der Waals surface area contributed by atoms with Gasteiger partial charge in [0.25, 0.3) is 0 Å². The maximum Gasteiger partial charge on any atom is 0.182 e. The molecule has 0 radical (unpaired) electrons. The zero-order chi connectivity index (χ0) is 28.1. The van der Waals surface area contributed by atoms with Crippen LogP contribution in [0.3, 0.4) is 0 Å². The van der Waals surface area contributed by atoms with Gasteiger partial charge in [0.05, 0.1) is 0 Å². The first-order valence-electron chi connectivity index (χ1n) is 14.3. The quantitative estimate of drug-likeness (QED) is 0.214. The SMILES string of the molecule is C1=CC(c2nnc(-c3ccc(-c4nnc(C5=CCCC=C5)c(-c5ccccc5)n4)cc3)nc2-c2ccccc2)=CCC1. The summed E-state index contributed by atoms with van der Waals surface area (Å²) in [4.78, 5) is 10.0. The molecule has 0 unspecified atom stereocenters. The minimum atomic E-state index is 0.569. The lowest BCUT2D eigenvalue weighted by atomic mass is 9.99. The van der Waals surface area contributed by atoms with Crippen LogP contribution in [0, 0.1) is 0 Å². The highest BCUT2D eigenvalue weighted by atomic mass is 15.2. The van der Waals surface area contributed by atoms with Crippen molar-refractivity contribution < 1.29 is 0 Å². The minimum absolute atomic E-state index is 0.569. The summed E-state index contributed by atoms with van der Waals surface area (Å²) in [6.45, 7) is 0. The Labute approximate surface area is 245 Å². The maximum atomic E-state index is 5.00. The van der Waals surface area contributed by atoms with Crippen LogP contribution in [0.15, 0.2) is 121 Å². The second-order valence-corrected chi connectivity index (χ2v) is 10.3. The highest BCUT2D eigenvalue weighted by Gasteiger charge is 2.18. The molecule has 0 saturated carbocycles. The second kappa shape index (κ2) is 11.6. The van der Waals surface area contributed by atoms with E-state index in [1.165, 1.54) is 0 Å². The number of nitrogens with zero attached hydrogens (tertiary/aromatic N) is 6. The Morgan fingerprint density at radius 3 is 1.19 bits per heavy atom. The minimum Gasteiger partial charge on any atom is -0.224 e. The summed E-state index contributed by atoms with van der Waals surface area (Å²) >= 11 is 0. The van der Waals surface area contributed by atoms with E-state index in [1.807, 2.05) is 60.7 Å². The molecule has 2 aromatic heterocycles. The van der Waals surface area contributed by atoms with Gasteiger partial charge in [-0.15, -0.1) is 20.4 Å². The number of aromatic nitrogens is 6. The first-order chi connectivity index (χ1) is 20.8. The standard InChI is InChI=1S/C36H28N6/c1-5-13-25(14-6-1)31-33(27-17-9-3-10-18-27)39-41-35(37-31)29-21-23-30(24-22-29)36-38-32(26-15-7-2-8-16-26)34(40-42-36)28-19-11-4-12-20-28/h1-2,5-9,11,13-24H,3-4,10,12H2. The summed E-state index contributed by atoms with van der Waals surface area (Å²) in [5.74, 6) is 1.14. The summed E-state index contributed by atoms with van der Waals surface area (Å²) in [5.41, 5.74) is 9.12. The highest BCUT2D eigenvalue weighted by molar-refractivity contribution is 5.83. The van der Waals surface area contributed by atoms with Gasteiger partial charge in [0.1, 0.15) is 22.8 Å². The van der Waals surface area contributed by atoms with Gasteiger partial charge in [0, 0.05) is 22.3 Å². The zero-order valence-corrected chi connectivity index (χ0v) is 23.1. The molecule has 6 nitrogen and oxygen atoms in total. The van der Waals surface area contributed by atoms with Crippen molar-refractivity contribution in [2.75, 3.05) is 0 Å². The molecule has 0 amide bonds. The monoisotopic (exact) mass is 544 g/mol. The third kappa shape index (κ3) is 5.22. The van der Waals surface area contributed by atoms with Crippen LogP contribution in [0.5, 0.6) is 0 Å². The Balaban J connectivity index is 1.25. The zero-order valence-electron chi connectivity index (χ0n) is 23.1. The molecular formula is C36H28N6. The van der Waals surface area contributed by atoms with E-state index in [4.69, 9.17) is 9.97 Å².